The summed E-state index contributed by atoms with van der Waals surface area (Å²) >= 11 is 5.75. The summed E-state index contributed by atoms with van der Waals surface area (Å²) in [5.74, 6) is 0. The van der Waals surface area contributed by atoms with Gasteiger partial charge < -0.3 is 0 Å². The van der Waals surface area contributed by atoms with Crippen molar-refractivity contribution in [2.45, 2.75) is 26.2 Å². The van der Waals surface area contributed by atoms with Gasteiger partial charge in [-0.15, -0.1) is 0 Å². The van der Waals surface area contributed by atoms with Gasteiger partial charge in [-0.05, 0) is 18.9 Å². The molecule has 0 aromatic rings. The van der Waals surface area contributed by atoms with Gasteiger partial charge in [-0.1, -0.05) is 37.6 Å². The van der Waals surface area contributed by atoms with Crippen molar-refractivity contribution in [2.75, 3.05) is 0 Å². The van der Waals surface area contributed by atoms with Crippen molar-refractivity contribution < 1.29 is 0 Å². The monoisotopic (exact) mass is 144 g/mol. The van der Waals surface area contributed by atoms with Crippen molar-refractivity contribution in [3.63, 3.8) is 0 Å². The van der Waals surface area contributed by atoms with Gasteiger partial charge in [-0.2, -0.15) is 0 Å². The molecule has 0 fully saturated rings. The lowest BCUT2D eigenvalue weighted by Crippen LogP contribution is -1.71. The molecule has 9 heavy (non-hydrogen) atoms. The predicted molar refractivity (Wildman–Crippen MR) is 43.7 cm³/mol. The third kappa shape index (κ3) is 5.64. The van der Waals surface area contributed by atoms with Crippen molar-refractivity contribution >= 4 is 11.6 Å². The second-order valence-electron chi connectivity index (χ2n) is 1.95. The Bertz CT molecular complexity index is 103. The molecular formula is C8H13Cl. The van der Waals surface area contributed by atoms with Crippen LogP contribution >= 0.6 is 11.6 Å². The lowest BCUT2D eigenvalue weighted by atomic mass is 10.2. The van der Waals surface area contributed by atoms with E-state index in [1.165, 1.54) is 12.8 Å². The maximum absolute atomic E-state index is 5.75. The molecule has 0 rings (SSSR count). The summed E-state index contributed by atoms with van der Waals surface area (Å²) in [4.78, 5) is 0. The molecule has 0 aliphatic heterocycles. The van der Waals surface area contributed by atoms with Gasteiger partial charge in [0, 0.05) is 5.03 Å². The molecule has 0 saturated heterocycles. The maximum Gasteiger partial charge on any atom is 0.0180 e. The number of hydrogen-bond donors (Lipinski definition) is 0. The summed E-state index contributed by atoms with van der Waals surface area (Å²) in [6.07, 6.45) is 6.92. The van der Waals surface area contributed by atoms with E-state index in [0.717, 1.165) is 11.5 Å². The van der Waals surface area contributed by atoms with Crippen LogP contribution < -0.4 is 0 Å². The van der Waals surface area contributed by atoms with E-state index in [-0.39, 0.29) is 0 Å². The van der Waals surface area contributed by atoms with Crippen LogP contribution in [0.2, 0.25) is 0 Å². The van der Waals surface area contributed by atoms with Crippen LogP contribution in [0.5, 0.6) is 0 Å². The van der Waals surface area contributed by atoms with Gasteiger partial charge in [0.2, 0.25) is 0 Å². The van der Waals surface area contributed by atoms with Crippen LogP contribution in [0.1, 0.15) is 26.2 Å². The van der Waals surface area contributed by atoms with E-state index < -0.39 is 0 Å². The van der Waals surface area contributed by atoms with Gasteiger partial charge in [0.15, 0.2) is 0 Å². The smallest absolute Gasteiger partial charge is 0.0180 e. The Labute approximate surface area is 62.2 Å². The average Bonchev–Trinajstić information content (AvgIpc) is 1.85. The van der Waals surface area contributed by atoms with Crippen LogP contribution in [0.15, 0.2) is 23.8 Å². The first-order valence-electron chi connectivity index (χ1n) is 3.28. The normalized spacial score (nSPS) is 11.6. The minimum atomic E-state index is 0.909. The highest BCUT2D eigenvalue weighted by Gasteiger charge is 1.87. The number of unbranched alkanes of at least 4 members (excludes halogenated alkanes) is 1. The van der Waals surface area contributed by atoms with Crippen molar-refractivity contribution in [3.8, 4) is 0 Å². The van der Waals surface area contributed by atoms with Crippen molar-refractivity contribution in [2.24, 2.45) is 0 Å². The molecular weight excluding hydrogens is 132 g/mol. The van der Waals surface area contributed by atoms with Gasteiger partial charge >= 0.3 is 0 Å². The first-order chi connectivity index (χ1) is 4.31. The van der Waals surface area contributed by atoms with Crippen LogP contribution in [-0.2, 0) is 0 Å². The molecule has 0 bridgehead atoms. The molecule has 0 aromatic carbocycles. The fourth-order valence-corrected chi connectivity index (χ4v) is 0.780. The summed E-state index contributed by atoms with van der Waals surface area (Å²) < 4.78 is 0. The average molecular weight is 145 g/mol. The van der Waals surface area contributed by atoms with Gasteiger partial charge in [-0.25, -0.2) is 0 Å². The molecule has 52 valence electrons. The lowest BCUT2D eigenvalue weighted by molar-refractivity contribution is 0.807. The summed E-state index contributed by atoms with van der Waals surface area (Å²) in [7, 11) is 0. The molecule has 0 heterocycles. The standard InChI is InChI=1S/C8H13Cl/c1-3-5-7-8(9)6-4-2/h4,6H,2-3,5,7H2,1H3/b8-6+. The van der Waals surface area contributed by atoms with Gasteiger partial charge in [-0.3, -0.25) is 0 Å². The Morgan fingerprint density at radius 2 is 2.33 bits per heavy atom. The topological polar surface area (TPSA) is 0 Å². The third-order valence-electron chi connectivity index (χ3n) is 1.07. The Balaban J connectivity index is 3.36. The Hall–Kier alpha value is -0.230. The van der Waals surface area contributed by atoms with E-state index in [1.807, 2.05) is 6.08 Å². The largest absolute Gasteiger partial charge is 0.0990 e. The molecule has 0 nitrogen and oxygen atoms in total. The zero-order chi connectivity index (χ0) is 7.11. The molecule has 0 N–H and O–H groups in total. The third-order valence-corrected chi connectivity index (χ3v) is 1.38. The second kappa shape index (κ2) is 5.90. The molecule has 0 atom stereocenters. The molecule has 0 spiro atoms. The zero-order valence-corrected chi connectivity index (χ0v) is 6.62. The van der Waals surface area contributed by atoms with E-state index in [9.17, 15) is 0 Å². The zero-order valence-electron chi connectivity index (χ0n) is 5.86. The molecule has 0 unspecified atom stereocenters. The summed E-state index contributed by atoms with van der Waals surface area (Å²) in [6.45, 7) is 5.70. The number of hydrogen-bond acceptors (Lipinski definition) is 0. The lowest BCUT2D eigenvalue weighted by Gasteiger charge is -1.92. The SMILES string of the molecule is C=C/C=C(/Cl)CCCC. The van der Waals surface area contributed by atoms with E-state index >= 15 is 0 Å². The number of halogens is 1. The highest BCUT2D eigenvalue weighted by atomic mass is 35.5. The molecule has 0 aromatic heterocycles. The fraction of sp³-hybridized carbons (Fsp3) is 0.500. The Morgan fingerprint density at radius 1 is 1.67 bits per heavy atom. The van der Waals surface area contributed by atoms with E-state index in [2.05, 4.69) is 13.5 Å². The van der Waals surface area contributed by atoms with Gasteiger partial charge in [0.05, 0.1) is 0 Å². The predicted octanol–water partition coefficient (Wildman–Crippen LogP) is 3.49. The maximum atomic E-state index is 5.75. The summed E-state index contributed by atoms with van der Waals surface area (Å²) in [6, 6.07) is 0. The van der Waals surface area contributed by atoms with Crippen molar-refractivity contribution in [3.05, 3.63) is 23.8 Å². The van der Waals surface area contributed by atoms with Crippen LogP contribution in [0.4, 0.5) is 0 Å². The van der Waals surface area contributed by atoms with Crippen LogP contribution in [0.25, 0.3) is 0 Å². The second-order valence-corrected chi connectivity index (χ2v) is 2.44. The summed E-state index contributed by atoms with van der Waals surface area (Å²) in [5.41, 5.74) is 0. The highest BCUT2D eigenvalue weighted by Crippen LogP contribution is 2.10. The molecule has 0 aliphatic carbocycles. The quantitative estimate of drug-likeness (QED) is 0.530. The van der Waals surface area contributed by atoms with E-state index in [4.69, 9.17) is 11.6 Å². The first kappa shape index (κ1) is 8.77. The Kier molecular flexibility index (Phi) is 5.75. The van der Waals surface area contributed by atoms with Crippen molar-refractivity contribution in [1.29, 1.82) is 0 Å². The minimum absolute atomic E-state index is 0.909. The number of rotatable bonds is 4. The van der Waals surface area contributed by atoms with E-state index in [1.54, 1.807) is 6.08 Å². The van der Waals surface area contributed by atoms with Crippen LogP contribution in [0, 0.1) is 0 Å². The van der Waals surface area contributed by atoms with Gasteiger partial charge in [0.25, 0.3) is 0 Å². The van der Waals surface area contributed by atoms with Crippen LogP contribution in [-0.4, -0.2) is 0 Å². The van der Waals surface area contributed by atoms with Crippen molar-refractivity contribution in [1.82, 2.24) is 0 Å². The van der Waals surface area contributed by atoms with Gasteiger partial charge in [0.1, 0.15) is 0 Å². The minimum Gasteiger partial charge on any atom is -0.0990 e. The van der Waals surface area contributed by atoms with E-state index in [0.29, 0.717) is 0 Å². The Morgan fingerprint density at radius 3 is 2.78 bits per heavy atom. The fourth-order valence-electron chi connectivity index (χ4n) is 0.557. The van der Waals surface area contributed by atoms with Crippen LogP contribution in [0.3, 0.4) is 0 Å². The molecule has 0 aliphatic rings. The summed E-state index contributed by atoms with van der Waals surface area (Å²) in [5, 5.41) is 0.909. The molecule has 0 saturated carbocycles. The first-order valence-corrected chi connectivity index (χ1v) is 3.66. The highest BCUT2D eigenvalue weighted by molar-refractivity contribution is 6.29. The number of allylic oxidation sites excluding steroid dienone is 3. The molecule has 1 heteroatoms. The molecule has 0 radical (unpaired) electrons. The molecule has 0 amide bonds.